The minimum atomic E-state index is -0.598. The average molecular weight is 355 g/mol. The van der Waals surface area contributed by atoms with Gasteiger partial charge in [-0.25, -0.2) is 9.18 Å². The first kappa shape index (κ1) is 17.3. The van der Waals surface area contributed by atoms with E-state index in [9.17, 15) is 14.0 Å². The normalized spacial score (nSPS) is 10.4. The van der Waals surface area contributed by atoms with Gasteiger partial charge in [0.25, 0.3) is 5.89 Å². The summed E-state index contributed by atoms with van der Waals surface area (Å²) < 4.78 is 23.1. The highest BCUT2D eigenvalue weighted by Gasteiger charge is 2.13. The Balaban J connectivity index is 1.63. The molecule has 3 aromatic rings. The Kier molecular flexibility index (Phi) is 5.02. The summed E-state index contributed by atoms with van der Waals surface area (Å²) in [6.07, 6.45) is 0. The highest BCUT2D eigenvalue weighted by molar-refractivity contribution is 5.93. The summed E-state index contributed by atoms with van der Waals surface area (Å²) in [7, 11) is 0. The third-order valence-electron chi connectivity index (χ3n) is 3.32. The topological polar surface area (TPSA) is 94.3 Å². The third kappa shape index (κ3) is 4.29. The van der Waals surface area contributed by atoms with Gasteiger partial charge in [-0.3, -0.25) is 4.79 Å². The molecule has 0 saturated heterocycles. The SMILES string of the molecule is CC(=O)Nc1cccc(C(=O)OCc2nc(-c3ccc(F)cc3)no2)c1. The van der Waals surface area contributed by atoms with Crippen molar-refractivity contribution in [2.45, 2.75) is 13.5 Å². The predicted molar refractivity (Wildman–Crippen MR) is 89.6 cm³/mol. The first-order chi connectivity index (χ1) is 12.5. The van der Waals surface area contributed by atoms with Gasteiger partial charge in [-0.15, -0.1) is 0 Å². The van der Waals surface area contributed by atoms with Crippen molar-refractivity contribution in [2.24, 2.45) is 0 Å². The number of anilines is 1. The summed E-state index contributed by atoms with van der Waals surface area (Å²) in [6.45, 7) is 1.16. The van der Waals surface area contributed by atoms with Crippen molar-refractivity contribution < 1.29 is 23.2 Å². The van der Waals surface area contributed by atoms with Crippen LogP contribution in [0.2, 0.25) is 0 Å². The molecule has 0 bridgehead atoms. The number of benzene rings is 2. The molecule has 2 aromatic carbocycles. The summed E-state index contributed by atoms with van der Waals surface area (Å²) in [4.78, 5) is 27.3. The van der Waals surface area contributed by atoms with Crippen LogP contribution in [0.1, 0.15) is 23.2 Å². The van der Waals surface area contributed by atoms with E-state index in [-0.39, 0.29) is 35.6 Å². The van der Waals surface area contributed by atoms with E-state index in [1.54, 1.807) is 18.2 Å². The third-order valence-corrected chi connectivity index (χ3v) is 3.32. The maximum atomic E-state index is 12.9. The number of halogens is 1. The minimum absolute atomic E-state index is 0.107. The first-order valence-electron chi connectivity index (χ1n) is 7.64. The van der Waals surface area contributed by atoms with Crippen LogP contribution in [-0.4, -0.2) is 22.0 Å². The van der Waals surface area contributed by atoms with Gasteiger partial charge in [0, 0.05) is 18.2 Å². The molecule has 26 heavy (non-hydrogen) atoms. The van der Waals surface area contributed by atoms with E-state index in [0.717, 1.165) is 0 Å². The number of carbonyl (C=O) groups is 2. The van der Waals surface area contributed by atoms with E-state index in [2.05, 4.69) is 15.5 Å². The van der Waals surface area contributed by atoms with Crippen LogP contribution in [0.5, 0.6) is 0 Å². The largest absolute Gasteiger partial charge is 0.452 e. The van der Waals surface area contributed by atoms with Crippen LogP contribution in [0.15, 0.2) is 53.1 Å². The summed E-state index contributed by atoms with van der Waals surface area (Å²) in [5.74, 6) is -0.833. The van der Waals surface area contributed by atoms with Crippen LogP contribution < -0.4 is 5.32 Å². The van der Waals surface area contributed by atoms with Gasteiger partial charge in [-0.1, -0.05) is 11.2 Å². The second-order valence-electron chi connectivity index (χ2n) is 5.36. The molecule has 1 amide bonds. The lowest BCUT2D eigenvalue weighted by atomic mass is 10.2. The van der Waals surface area contributed by atoms with E-state index >= 15 is 0 Å². The van der Waals surface area contributed by atoms with Gasteiger partial charge in [0.1, 0.15) is 5.82 Å². The highest BCUT2D eigenvalue weighted by Crippen LogP contribution is 2.17. The fourth-order valence-electron chi connectivity index (χ4n) is 2.17. The molecule has 0 fully saturated rings. The van der Waals surface area contributed by atoms with Crippen molar-refractivity contribution in [1.82, 2.24) is 10.1 Å². The molecule has 0 saturated carbocycles. The monoisotopic (exact) mass is 355 g/mol. The zero-order valence-corrected chi connectivity index (χ0v) is 13.7. The van der Waals surface area contributed by atoms with Crippen LogP contribution in [-0.2, 0) is 16.1 Å². The molecule has 0 aliphatic heterocycles. The molecule has 7 nitrogen and oxygen atoms in total. The van der Waals surface area contributed by atoms with Crippen LogP contribution in [0.25, 0.3) is 11.4 Å². The molecule has 3 rings (SSSR count). The van der Waals surface area contributed by atoms with E-state index in [1.165, 1.54) is 37.3 Å². The number of rotatable bonds is 5. The molecule has 132 valence electrons. The number of nitrogens with zero attached hydrogens (tertiary/aromatic N) is 2. The van der Waals surface area contributed by atoms with Crippen LogP contribution in [0.4, 0.5) is 10.1 Å². The number of carbonyl (C=O) groups excluding carboxylic acids is 2. The predicted octanol–water partition coefficient (Wildman–Crippen LogP) is 3.19. The fourth-order valence-corrected chi connectivity index (χ4v) is 2.17. The molecule has 1 N–H and O–H groups in total. The quantitative estimate of drug-likeness (QED) is 0.706. The van der Waals surface area contributed by atoms with Crippen molar-refractivity contribution in [2.75, 3.05) is 5.32 Å². The molecule has 1 aromatic heterocycles. The number of amides is 1. The molecule has 0 aliphatic rings. The van der Waals surface area contributed by atoms with Gasteiger partial charge in [-0.05, 0) is 42.5 Å². The van der Waals surface area contributed by atoms with E-state index in [4.69, 9.17) is 9.26 Å². The number of esters is 1. The van der Waals surface area contributed by atoms with Crippen molar-refractivity contribution in [3.8, 4) is 11.4 Å². The van der Waals surface area contributed by atoms with Gasteiger partial charge in [0.2, 0.25) is 11.7 Å². The van der Waals surface area contributed by atoms with Crippen molar-refractivity contribution in [3.05, 3.63) is 65.8 Å². The van der Waals surface area contributed by atoms with Crippen LogP contribution >= 0.6 is 0 Å². The van der Waals surface area contributed by atoms with Gasteiger partial charge in [0.15, 0.2) is 6.61 Å². The molecule has 0 atom stereocenters. The lowest BCUT2D eigenvalue weighted by Crippen LogP contribution is -2.09. The minimum Gasteiger partial charge on any atom is -0.452 e. The summed E-state index contributed by atoms with van der Waals surface area (Å²) in [5.41, 5.74) is 1.34. The Morgan fingerprint density at radius 1 is 1.19 bits per heavy atom. The number of hydrogen-bond donors (Lipinski definition) is 1. The zero-order chi connectivity index (χ0) is 18.5. The molecular weight excluding hydrogens is 341 g/mol. The molecule has 0 radical (unpaired) electrons. The molecule has 0 spiro atoms. The van der Waals surface area contributed by atoms with Crippen molar-refractivity contribution in [3.63, 3.8) is 0 Å². The van der Waals surface area contributed by atoms with Gasteiger partial charge >= 0.3 is 5.97 Å². The summed E-state index contributed by atoms with van der Waals surface area (Å²) in [5, 5.41) is 6.35. The second-order valence-corrected chi connectivity index (χ2v) is 5.36. The maximum absolute atomic E-state index is 12.9. The lowest BCUT2D eigenvalue weighted by molar-refractivity contribution is -0.114. The van der Waals surface area contributed by atoms with Gasteiger partial charge < -0.3 is 14.6 Å². The van der Waals surface area contributed by atoms with Gasteiger partial charge in [-0.2, -0.15) is 4.98 Å². The maximum Gasteiger partial charge on any atom is 0.338 e. The van der Waals surface area contributed by atoms with Crippen molar-refractivity contribution in [1.29, 1.82) is 0 Å². The Labute approximate surface area is 147 Å². The zero-order valence-electron chi connectivity index (χ0n) is 13.7. The second kappa shape index (κ2) is 7.56. The standard InChI is InChI=1S/C18H14FN3O4/c1-11(23)20-15-4-2-3-13(9-15)18(24)25-10-16-21-17(22-26-16)12-5-7-14(19)8-6-12/h2-9H,10H2,1H3,(H,20,23). The smallest absolute Gasteiger partial charge is 0.338 e. The molecule has 0 aliphatic carbocycles. The van der Waals surface area contributed by atoms with Crippen molar-refractivity contribution >= 4 is 17.6 Å². The first-order valence-corrected chi connectivity index (χ1v) is 7.64. The molecule has 8 heteroatoms. The Hall–Kier alpha value is -3.55. The molecular formula is C18H14FN3O4. The van der Waals surface area contributed by atoms with E-state index in [0.29, 0.717) is 11.3 Å². The highest BCUT2D eigenvalue weighted by atomic mass is 19.1. The Bertz CT molecular complexity index is 938. The lowest BCUT2D eigenvalue weighted by Gasteiger charge is -2.05. The Morgan fingerprint density at radius 2 is 1.96 bits per heavy atom. The summed E-state index contributed by atoms with van der Waals surface area (Å²) in [6, 6.07) is 12.0. The fraction of sp³-hybridized carbons (Fsp3) is 0.111. The Morgan fingerprint density at radius 3 is 2.69 bits per heavy atom. The van der Waals surface area contributed by atoms with Gasteiger partial charge in [0.05, 0.1) is 5.56 Å². The number of hydrogen-bond acceptors (Lipinski definition) is 6. The molecule has 1 heterocycles. The van der Waals surface area contributed by atoms with E-state index < -0.39 is 5.97 Å². The number of ether oxygens (including phenoxy) is 1. The van der Waals surface area contributed by atoms with E-state index in [1.807, 2.05) is 0 Å². The number of nitrogens with one attached hydrogen (secondary N) is 1. The number of aromatic nitrogens is 2. The van der Waals surface area contributed by atoms with Crippen LogP contribution in [0.3, 0.4) is 0 Å². The summed E-state index contributed by atoms with van der Waals surface area (Å²) >= 11 is 0. The average Bonchev–Trinajstić information content (AvgIpc) is 3.09. The van der Waals surface area contributed by atoms with Crippen LogP contribution in [0, 0.1) is 5.82 Å². The molecule has 0 unspecified atom stereocenters.